The minimum atomic E-state index is -4.30. The van der Waals surface area contributed by atoms with Crippen molar-refractivity contribution in [2.24, 2.45) is 11.1 Å². The van der Waals surface area contributed by atoms with Crippen LogP contribution in [-0.2, 0) is 0 Å². The smallest absolute Gasteiger partial charge is 0.422 e. The average molecular weight is 273 g/mol. The van der Waals surface area contributed by atoms with Crippen LogP contribution >= 0.6 is 0 Å². The van der Waals surface area contributed by atoms with Gasteiger partial charge in [0.05, 0.1) is 0 Å². The van der Waals surface area contributed by atoms with Gasteiger partial charge in [-0.1, -0.05) is 26.0 Å². The minimum absolute atomic E-state index is 0.0361. The van der Waals surface area contributed by atoms with Crippen LogP contribution in [0.5, 0.6) is 5.75 Å². The molecule has 2 rings (SSSR count). The molecule has 0 heterocycles. The molecule has 0 aliphatic heterocycles. The number of nitrogens with two attached hydrogens (primary N) is 1. The third-order valence-electron chi connectivity index (χ3n) is 4.03. The summed E-state index contributed by atoms with van der Waals surface area (Å²) < 4.78 is 40.7. The Hall–Kier alpha value is -1.23. The van der Waals surface area contributed by atoms with Crippen LogP contribution in [0.4, 0.5) is 13.2 Å². The topological polar surface area (TPSA) is 35.2 Å². The lowest BCUT2D eigenvalue weighted by Gasteiger charge is -2.50. The van der Waals surface area contributed by atoms with E-state index in [1.165, 1.54) is 0 Å². The van der Waals surface area contributed by atoms with E-state index >= 15 is 0 Å². The van der Waals surface area contributed by atoms with Gasteiger partial charge in [0.15, 0.2) is 6.61 Å². The Labute approximate surface area is 110 Å². The molecule has 1 saturated carbocycles. The molecule has 1 aliphatic rings. The molecular weight excluding hydrogens is 255 g/mol. The molecule has 1 aromatic rings. The molecule has 19 heavy (non-hydrogen) atoms. The van der Waals surface area contributed by atoms with E-state index in [-0.39, 0.29) is 17.2 Å². The second kappa shape index (κ2) is 4.71. The Morgan fingerprint density at radius 3 is 2.26 bits per heavy atom. The zero-order valence-electron chi connectivity index (χ0n) is 11.0. The van der Waals surface area contributed by atoms with Crippen molar-refractivity contribution in [2.75, 3.05) is 6.61 Å². The monoisotopic (exact) mass is 273 g/mol. The first-order valence-corrected chi connectivity index (χ1v) is 6.25. The van der Waals surface area contributed by atoms with Crippen molar-refractivity contribution in [3.63, 3.8) is 0 Å². The Bertz CT molecular complexity index is 439. The third kappa shape index (κ3) is 3.03. The first-order valence-electron chi connectivity index (χ1n) is 6.25. The van der Waals surface area contributed by atoms with Crippen LogP contribution in [0.25, 0.3) is 0 Å². The van der Waals surface area contributed by atoms with Crippen molar-refractivity contribution in [3.05, 3.63) is 29.8 Å². The van der Waals surface area contributed by atoms with Crippen LogP contribution in [0.2, 0.25) is 0 Å². The summed E-state index contributed by atoms with van der Waals surface area (Å²) in [6, 6.07) is 6.99. The summed E-state index contributed by atoms with van der Waals surface area (Å²) in [5.41, 5.74) is 7.10. The quantitative estimate of drug-likeness (QED) is 0.915. The molecule has 0 aromatic heterocycles. The van der Waals surface area contributed by atoms with E-state index in [9.17, 15) is 13.2 Å². The molecule has 106 valence electrons. The lowest BCUT2D eigenvalue weighted by Crippen LogP contribution is -2.52. The molecule has 2 unspecified atom stereocenters. The second-order valence-corrected chi connectivity index (χ2v) is 5.69. The van der Waals surface area contributed by atoms with Gasteiger partial charge in [-0.2, -0.15) is 13.2 Å². The van der Waals surface area contributed by atoms with E-state index in [1.807, 2.05) is 12.1 Å². The zero-order chi connectivity index (χ0) is 14.3. The Balaban J connectivity index is 2.00. The molecule has 0 amide bonds. The third-order valence-corrected chi connectivity index (χ3v) is 4.03. The van der Waals surface area contributed by atoms with E-state index in [1.54, 1.807) is 12.1 Å². The predicted molar refractivity (Wildman–Crippen MR) is 67.1 cm³/mol. The maximum Gasteiger partial charge on any atom is 0.422 e. The number of hydrogen-bond donors (Lipinski definition) is 1. The first-order chi connectivity index (χ1) is 8.70. The van der Waals surface area contributed by atoms with Crippen molar-refractivity contribution >= 4 is 0 Å². The van der Waals surface area contributed by atoms with E-state index in [0.717, 1.165) is 12.0 Å². The molecule has 0 bridgehead atoms. The van der Waals surface area contributed by atoms with Crippen LogP contribution < -0.4 is 10.5 Å². The zero-order valence-corrected chi connectivity index (χ0v) is 11.0. The fourth-order valence-electron chi connectivity index (χ4n) is 2.49. The highest BCUT2D eigenvalue weighted by Crippen LogP contribution is 2.51. The van der Waals surface area contributed by atoms with Gasteiger partial charge < -0.3 is 10.5 Å². The molecule has 1 fully saturated rings. The fraction of sp³-hybridized carbons (Fsp3) is 0.571. The van der Waals surface area contributed by atoms with Crippen molar-refractivity contribution in [1.29, 1.82) is 0 Å². The van der Waals surface area contributed by atoms with Gasteiger partial charge in [-0.3, -0.25) is 0 Å². The van der Waals surface area contributed by atoms with E-state index in [4.69, 9.17) is 5.73 Å². The maximum absolute atomic E-state index is 12.0. The van der Waals surface area contributed by atoms with Gasteiger partial charge in [-0.25, -0.2) is 0 Å². The predicted octanol–water partition coefficient (Wildman–Crippen LogP) is 3.47. The largest absolute Gasteiger partial charge is 0.484 e. The van der Waals surface area contributed by atoms with Gasteiger partial charge >= 0.3 is 6.18 Å². The highest BCUT2D eigenvalue weighted by atomic mass is 19.4. The number of rotatable bonds is 3. The highest BCUT2D eigenvalue weighted by molar-refractivity contribution is 5.33. The summed E-state index contributed by atoms with van der Waals surface area (Å²) in [5, 5.41) is 0. The van der Waals surface area contributed by atoms with E-state index in [0.29, 0.717) is 5.92 Å². The summed E-state index contributed by atoms with van der Waals surface area (Å²) in [6.07, 6.45) is -3.39. The first kappa shape index (κ1) is 14.2. The highest BCUT2D eigenvalue weighted by Gasteiger charge is 2.46. The molecule has 5 heteroatoms. The molecule has 0 spiro atoms. The van der Waals surface area contributed by atoms with Crippen molar-refractivity contribution in [2.45, 2.75) is 38.4 Å². The number of ether oxygens (including phenoxy) is 1. The fourth-order valence-corrected chi connectivity index (χ4v) is 2.49. The molecule has 2 atom stereocenters. The van der Waals surface area contributed by atoms with Crippen LogP contribution in [0, 0.1) is 5.41 Å². The molecule has 1 aliphatic carbocycles. The van der Waals surface area contributed by atoms with Crippen LogP contribution in [0.15, 0.2) is 24.3 Å². The Morgan fingerprint density at radius 1 is 1.26 bits per heavy atom. The maximum atomic E-state index is 12.0. The Kier molecular flexibility index (Phi) is 3.51. The van der Waals surface area contributed by atoms with Crippen molar-refractivity contribution in [3.8, 4) is 5.75 Å². The number of alkyl halides is 3. The van der Waals surface area contributed by atoms with Gasteiger partial charge in [0.1, 0.15) is 5.75 Å². The minimum Gasteiger partial charge on any atom is -0.484 e. The van der Waals surface area contributed by atoms with Crippen LogP contribution in [0.1, 0.15) is 31.7 Å². The molecular formula is C14H18F3NO. The Morgan fingerprint density at radius 2 is 1.84 bits per heavy atom. The molecule has 0 saturated heterocycles. The van der Waals surface area contributed by atoms with Crippen LogP contribution in [0.3, 0.4) is 0 Å². The standard InChI is InChI=1S/C14H18F3NO/c1-13(2)11(7-12(13)18)9-3-5-10(6-4-9)19-8-14(15,16)17/h3-6,11-12H,7-8,18H2,1-2H3. The molecule has 2 N–H and O–H groups in total. The van der Waals surface area contributed by atoms with Gasteiger partial charge in [-0.05, 0) is 35.4 Å². The molecule has 2 nitrogen and oxygen atoms in total. The van der Waals surface area contributed by atoms with Crippen molar-refractivity contribution in [1.82, 2.24) is 0 Å². The number of hydrogen-bond acceptors (Lipinski definition) is 2. The van der Waals surface area contributed by atoms with Crippen molar-refractivity contribution < 1.29 is 17.9 Å². The molecule has 1 aromatic carbocycles. The van der Waals surface area contributed by atoms with Gasteiger partial charge in [0, 0.05) is 6.04 Å². The van der Waals surface area contributed by atoms with Gasteiger partial charge in [0.2, 0.25) is 0 Å². The van der Waals surface area contributed by atoms with Gasteiger partial charge in [-0.15, -0.1) is 0 Å². The van der Waals surface area contributed by atoms with Crippen LogP contribution in [-0.4, -0.2) is 18.8 Å². The summed E-state index contributed by atoms with van der Waals surface area (Å²) in [4.78, 5) is 0. The number of benzene rings is 1. The van der Waals surface area contributed by atoms with E-state index in [2.05, 4.69) is 18.6 Å². The lowest BCUT2D eigenvalue weighted by molar-refractivity contribution is -0.153. The normalized spacial score (nSPS) is 25.8. The summed E-state index contributed by atoms with van der Waals surface area (Å²) in [7, 11) is 0. The van der Waals surface area contributed by atoms with E-state index < -0.39 is 12.8 Å². The summed E-state index contributed by atoms with van der Waals surface area (Å²) >= 11 is 0. The van der Waals surface area contributed by atoms with Gasteiger partial charge in [0.25, 0.3) is 0 Å². The lowest BCUT2D eigenvalue weighted by atomic mass is 9.57. The summed E-state index contributed by atoms with van der Waals surface area (Å²) in [6.45, 7) is 2.96. The molecule has 0 radical (unpaired) electrons. The number of halogens is 3. The SMILES string of the molecule is CC1(C)C(N)CC1c1ccc(OCC(F)(F)F)cc1. The average Bonchev–Trinajstić information content (AvgIpc) is 2.33. The second-order valence-electron chi connectivity index (χ2n) is 5.69. The summed E-state index contributed by atoms with van der Waals surface area (Å²) in [5.74, 6) is 0.599.